The first-order valence-corrected chi connectivity index (χ1v) is 7.27. The van der Waals surface area contributed by atoms with Crippen molar-refractivity contribution in [2.75, 3.05) is 40.4 Å². The molecule has 1 aliphatic rings. The van der Waals surface area contributed by atoms with Crippen LogP contribution in [0.2, 0.25) is 0 Å². The average Bonchev–Trinajstić information content (AvgIpc) is 2.86. The molecule has 0 aromatic carbocycles. The summed E-state index contributed by atoms with van der Waals surface area (Å²) in [6.07, 6.45) is 6.33. The maximum Gasteiger partial charge on any atom is 0.193 e. The van der Waals surface area contributed by atoms with Gasteiger partial charge < -0.3 is 15.0 Å². The molecule has 18 heavy (non-hydrogen) atoms. The van der Waals surface area contributed by atoms with E-state index in [0.29, 0.717) is 5.92 Å². The quantitative estimate of drug-likeness (QED) is 0.430. The second kappa shape index (κ2) is 9.20. The first-order chi connectivity index (χ1) is 8.77. The van der Waals surface area contributed by atoms with Crippen molar-refractivity contribution < 1.29 is 4.74 Å². The third-order valence-corrected chi connectivity index (χ3v) is 3.44. The molecule has 0 aromatic heterocycles. The largest absolute Gasteiger partial charge is 0.381 e. The summed E-state index contributed by atoms with van der Waals surface area (Å²) >= 11 is 0. The first-order valence-electron chi connectivity index (χ1n) is 7.27. The Labute approximate surface area is 112 Å². The van der Waals surface area contributed by atoms with Crippen molar-refractivity contribution in [3.05, 3.63) is 0 Å². The third kappa shape index (κ3) is 5.71. The van der Waals surface area contributed by atoms with Crippen LogP contribution in [0.1, 0.15) is 39.0 Å². The van der Waals surface area contributed by atoms with E-state index >= 15 is 0 Å². The molecule has 4 nitrogen and oxygen atoms in total. The van der Waals surface area contributed by atoms with Gasteiger partial charge in [-0.05, 0) is 12.8 Å². The Kier molecular flexibility index (Phi) is 7.81. The minimum Gasteiger partial charge on any atom is -0.381 e. The van der Waals surface area contributed by atoms with E-state index in [1.54, 1.807) is 0 Å². The molecule has 0 saturated carbocycles. The number of aliphatic imine (C=N–C) groups is 1. The van der Waals surface area contributed by atoms with Crippen LogP contribution in [0.5, 0.6) is 0 Å². The fourth-order valence-corrected chi connectivity index (χ4v) is 2.34. The van der Waals surface area contributed by atoms with E-state index < -0.39 is 0 Å². The maximum absolute atomic E-state index is 5.41. The van der Waals surface area contributed by atoms with Gasteiger partial charge in [-0.3, -0.25) is 4.99 Å². The summed E-state index contributed by atoms with van der Waals surface area (Å²) in [5, 5.41) is 3.44. The van der Waals surface area contributed by atoms with Crippen molar-refractivity contribution in [3.8, 4) is 0 Å². The molecule has 1 aliphatic heterocycles. The predicted octanol–water partition coefficient (Wildman–Crippen LogP) is 2.11. The number of hydrogen-bond acceptors (Lipinski definition) is 2. The summed E-state index contributed by atoms with van der Waals surface area (Å²) in [5.74, 6) is 1.67. The second-order valence-electron chi connectivity index (χ2n) is 5.14. The van der Waals surface area contributed by atoms with E-state index in [0.717, 1.165) is 32.3 Å². The van der Waals surface area contributed by atoms with Crippen molar-refractivity contribution in [1.82, 2.24) is 10.2 Å². The van der Waals surface area contributed by atoms with E-state index in [-0.39, 0.29) is 0 Å². The normalized spacial score (nSPS) is 20.2. The summed E-state index contributed by atoms with van der Waals surface area (Å²) < 4.78 is 5.41. The molecule has 1 saturated heterocycles. The SMILES string of the molecule is CCCCCCNC(=NC)N(C)CC1CCOC1. The monoisotopic (exact) mass is 255 g/mol. The van der Waals surface area contributed by atoms with Crippen LogP contribution in [0.3, 0.4) is 0 Å². The summed E-state index contributed by atoms with van der Waals surface area (Å²) in [6.45, 7) is 6.12. The van der Waals surface area contributed by atoms with Crippen LogP contribution >= 0.6 is 0 Å². The Bertz CT molecular complexity index is 237. The lowest BCUT2D eigenvalue weighted by atomic mass is 10.1. The molecule has 1 heterocycles. The predicted molar refractivity (Wildman–Crippen MR) is 77.1 cm³/mol. The highest BCUT2D eigenvalue weighted by Crippen LogP contribution is 2.13. The lowest BCUT2D eigenvalue weighted by molar-refractivity contribution is 0.181. The Morgan fingerprint density at radius 3 is 2.83 bits per heavy atom. The standard InChI is InChI=1S/C14H29N3O/c1-4-5-6-7-9-16-14(15-2)17(3)11-13-8-10-18-12-13/h13H,4-12H2,1-3H3,(H,15,16). The van der Waals surface area contributed by atoms with Crippen molar-refractivity contribution in [2.45, 2.75) is 39.0 Å². The zero-order valence-corrected chi connectivity index (χ0v) is 12.2. The molecule has 0 bridgehead atoms. The molecule has 1 N–H and O–H groups in total. The zero-order valence-electron chi connectivity index (χ0n) is 12.2. The van der Waals surface area contributed by atoms with Crippen molar-refractivity contribution in [3.63, 3.8) is 0 Å². The summed E-state index contributed by atoms with van der Waals surface area (Å²) in [5.41, 5.74) is 0. The molecule has 0 aliphatic carbocycles. The van der Waals surface area contributed by atoms with E-state index in [2.05, 4.69) is 29.2 Å². The zero-order chi connectivity index (χ0) is 13.2. The molecular formula is C14H29N3O. The minimum absolute atomic E-state index is 0.661. The molecule has 0 spiro atoms. The van der Waals surface area contributed by atoms with E-state index in [1.807, 2.05) is 7.05 Å². The maximum atomic E-state index is 5.41. The highest BCUT2D eigenvalue weighted by atomic mass is 16.5. The van der Waals surface area contributed by atoms with E-state index in [4.69, 9.17) is 4.74 Å². The highest BCUT2D eigenvalue weighted by molar-refractivity contribution is 5.79. The van der Waals surface area contributed by atoms with E-state index in [1.165, 1.54) is 32.1 Å². The number of guanidine groups is 1. The van der Waals surface area contributed by atoms with Gasteiger partial charge in [0.15, 0.2) is 5.96 Å². The van der Waals surface area contributed by atoms with Crippen LogP contribution in [-0.2, 0) is 4.74 Å². The number of rotatable bonds is 7. The first kappa shape index (κ1) is 15.3. The third-order valence-electron chi connectivity index (χ3n) is 3.44. The molecule has 0 radical (unpaired) electrons. The number of unbranched alkanes of at least 4 members (excludes halogenated alkanes) is 3. The van der Waals surface area contributed by atoms with Gasteiger partial charge in [-0.1, -0.05) is 26.2 Å². The van der Waals surface area contributed by atoms with Gasteiger partial charge in [-0.25, -0.2) is 0 Å². The van der Waals surface area contributed by atoms with Gasteiger partial charge in [0.2, 0.25) is 0 Å². The fourth-order valence-electron chi connectivity index (χ4n) is 2.34. The van der Waals surface area contributed by atoms with Gasteiger partial charge in [0.05, 0.1) is 6.61 Å². The van der Waals surface area contributed by atoms with Crippen LogP contribution < -0.4 is 5.32 Å². The number of ether oxygens (including phenoxy) is 1. The van der Waals surface area contributed by atoms with E-state index in [9.17, 15) is 0 Å². The van der Waals surface area contributed by atoms with Gasteiger partial charge in [-0.15, -0.1) is 0 Å². The lowest BCUT2D eigenvalue weighted by Gasteiger charge is -2.24. The van der Waals surface area contributed by atoms with Gasteiger partial charge in [0, 0.05) is 39.7 Å². The van der Waals surface area contributed by atoms with Gasteiger partial charge >= 0.3 is 0 Å². The highest BCUT2D eigenvalue weighted by Gasteiger charge is 2.18. The molecule has 1 rings (SSSR count). The molecule has 0 aromatic rings. The molecule has 1 fully saturated rings. The molecule has 1 atom stereocenters. The number of hydrogen-bond donors (Lipinski definition) is 1. The smallest absolute Gasteiger partial charge is 0.193 e. The Hall–Kier alpha value is -0.770. The molecular weight excluding hydrogens is 226 g/mol. The van der Waals surface area contributed by atoms with Crippen LogP contribution in [-0.4, -0.2) is 51.3 Å². The summed E-state index contributed by atoms with van der Waals surface area (Å²) in [6, 6.07) is 0. The van der Waals surface area contributed by atoms with Gasteiger partial charge in [0.25, 0.3) is 0 Å². The fraction of sp³-hybridized carbons (Fsp3) is 0.929. The topological polar surface area (TPSA) is 36.9 Å². The second-order valence-corrected chi connectivity index (χ2v) is 5.14. The van der Waals surface area contributed by atoms with Crippen LogP contribution in [0.25, 0.3) is 0 Å². The lowest BCUT2D eigenvalue weighted by Crippen LogP contribution is -2.41. The summed E-state index contributed by atoms with van der Waals surface area (Å²) in [4.78, 5) is 6.56. The van der Waals surface area contributed by atoms with Gasteiger partial charge in [-0.2, -0.15) is 0 Å². The van der Waals surface area contributed by atoms with Gasteiger partial charge in [0.1, 0.15) is 0 Å². The molecule has 106 valence electrons. The Balaban J connectivity index is 2.18. The number of nitrogens with zero attached hydrogens (tertiary/aromatic N) is 2. The molecule has 1 unspecified atom stereocenters. The van der Waals surface area contributed by atoms with Crippen molar-refractivity contribution in [2.24, 2.45) is 10.9 Å². The number of nitrogens with one attached hydrogen (secondary N) is 1. The van der Waals surface area contributed by atoms with Crippen molar-refractivity contribution in [1.29, 1.82) is 0 Å². The van der Waals surface area contributed by atoms with Crippen LogP contribution in [0.4, 0.5) is 0 Å². The molecule has 0 amide bonds. The van der Waals surface area contributed by atoms with Crippen LogP contribution in [0.15, 0.2) is 4.99 Å². The van der Waals surface area contributed by atoms with Crippen molar-refractivity contribution >= 4 is 5.96 Å². The average molecular weight is 255 g/mol. The Morgan fingerprint density at radius 1 is 1.39 bits per heavy atom. The van der Waals surface area contributed by atoms with Crippen LogP contribution in [0, 0.1) is 5.92 Å². The summed E-state index contributed by atoms with van der Waals surface area (Å²) in [7, 11) is 3.97. The molecule has 4 heteroatoms. The Morgan fingerprint density at radius 2 is 2.22 bits per heavy atom. The minimum atomic E-state index is 0.661.